The lowest BCUT2D eigenvalue weighted by Gasteiger charge is -2.30. The van der Waals surface area contributed by atoms with E-state index in [2.05, 4.69) is 128 Å². The SMILES string of the molecule is CC1(C)c2ccccc2-c2c(N(c3ccc(-c4ccccc4)cc3)c3ccc4nc(-c5ccccc5)n5c(=O)c6ccccc6c3c45)cccc21. The summed E-state index contributed by atoms with van der Waals surface area (Å²) in [5, 5.41) is 2.57. The molecule has 0 radical (unpaired) electrons. The zero-order valence-electron chi connectivity index (χ0n) is 28.3. The molecule has 0 unspecified atom stereocenters. The van der Waals surface area contributed by atoms with Gasteiger partial charge in [-0.3, -0.25) is 9.20 Å². The Hall–Kier alpha value is -6.52. The van der Waals surface area contributed by atoms with Crippen molar-refractivity contribution in [1.29, 1.82) is 0 Å². The Morgan fingerprint density at radius 2 is 1.18 bits per heavy atom. The number of fused-ring (bicyclic) bond motifs is 5. The van der Waals surface area contributed by atoms with Gasteiger partial charge in [0.1, 0.15) is 5.82 Å². The van der Waals surface area contributed by atoms with Gasteiger partial charge in [-0.2, -0.15) is 0 Å². The highest BCUT2D eigenvalue weighted by Crippen LogP contribution is 2.55. The molecule has 0 saturated heterocycles. The van der Waals surface area contributed by atoms with Crippen molar-refractivity contribution in [3.63, 3.8) is 0 Å². The van der Waals surface area contributed by atoms with E-state index in [1.165, 1.54) is 27.8 Å². The number of aromatic nitrogens is 2. The van der Waals surface area contributed by atoms with E-state index in [-0.39, 0.29) is 11.0 Å². The largest absolute Gasteiger partial charge is 0.309 e. The van der Waals surface area contributed by atoms with Gasteiger partial charge in [-0.25, -0.2) is 4.98 Å². The van der Waals surface area contributed by atoms with Crippen LogP contribution in [0.5, 0.6) is 0 Å². The summed E-state index contributed by atoms with van der Waals surface area (Å²) in [5.74, 6) is 0.651. The van der Waals surface area contributed by atoms with Crippen molar-refractivity contribution in [2.75, 3.05) is 4.90 Å². The Morgan fingerprint density at radius 3 is 1.94 bits per heavy atom. The molecule has 0 bridgehead atoms. The summed E-state index contributed by atoms with van der Waals surface area (Å²) in [6.07, 6.45) is 0. The standard InChI is InChI=1S/C47H33N3O/c1-47(2)37-21-12-11-20-36(37)42-38(47)22-13-23-40(42)49(33-26-24-31(25-27-33)30-14-5-3-6-15-30)41-29-28-39-44-43(41)34-18-9-10-19-35(34)46(51)50(44)45(48-39)32-16-7-4-8-17-32/h3-29H,1-2H3. The van der Waals surface area contributed by atoms with Crippen molar-refractivity contribution in [1.82, 2.24) is 9.38 Å². The maximum atomic E-state index is 14.4. The average molecular weight is 656 g/mol. The Labute approximate surface area is 295 Å². The maximum Gasteiger partial charge on any atom is 0.264 e. The fourth-order valence-corrected chi connectivity index (χ4v) is 8.36. The van der Waals surface area contributed by atoms with Crippen LogP contribution in [0.2, 0.25) is 0 Å². The van der Waals surface area contributed by atoms with Crippen molar-refractivity contribution < 1.29 is 0 Å². The smallest absolute Gasteiger partial charge is 0.264 e. The van der Waals surface area contributed by atoms with Crippen LogP contribution in [0.4, 0.5) is 17.1 Å². The van der Waals surface area contributed by atoms with Crippen LogP contribution < -0.4 is 10.5 Å². The predicted octanol–water partition coefficient (Wildman–Crippen LogP) is 11.5. The van der Waals surface area contributed by atoms with Gasteiger partial charge < -0.3 is 4.90 Å². The molecule has 4 heteroatoms. The molecular weight excluding hydrogens is 623 g/mol. The van der Waals surface area contributed by atoms with E-state index in [9.17, 15) is 4.79 Å². The van der Waals surface area contributed by atoms with Gasteiger partial charge >= 0.3 is 0 Å². The lowest BCUT2D eigenvalue weighted by atomic mass is 9.82. The molecule has 10 rings (SSSR count). The quantitative estimate of drug-likeness (QED) is 0.173. The monoisotopic (exact) mass is 655 g/mol. The number of nitrogens with zero attached hydrogens (tertiary/aromatic N) is 3. The van der Waals surface area contributed by atoms with E-state index in [0.717, 1.165) is 50.0 Å². The Morgan fingerprint density at radius 1 is 0.549 bits per heavy atom. The van der Waals surface area contributed by atoms with E-state index in [1.807, 2.05) is 59.0 Å². The molecule has 0 amide bonds. The molecule has 0 saturated carbocycles. The van der Waals surface area contributed by atoms with Gasteiger partial charge in [0.25, 0.3) is 5.56 Å². The van der Waals surface area contributed by atoms with Crippen LogP contribution in [-0.4, -0.2) is 9.38 Å². The van der Waals surface area contributed by atoms with E-state index in [4.69, 9.17) is 4.98 Å². The summed E-state index contributed by atoms with van der Waals surface area (Å²) in [6.45, 7) is 4.64. The molecule has 2 heterocycles. The summed E-state index contributed by atoms with van der Waals surface area (Å²) in [5.41, 5.74) is 12.9. The molecular formula is C47H33N3O. The third kappa shape index (κ3) is 4.26. The molecule has 51 heavy (non-hydrogen) atoms. The molecule has 7 aromatic carbocycles. The van der Waals surface area contributed by atoms with Crippen LogP contribution in [-0.2, 0) is 5.41 Å². The van der Waals surface area contributed by atoms with Gasteiger partial charge in [-0.05, 0) is 69.6 Å². The van der Waals surface area contributed by atoms with E-state index in [1.54, 1.807) is 0 Å². The molecule has 9 aromatic rings. The van der Waals surface area contributed by atoms with Crippen LogP contribution in [0.25, 0.3) is 60.8 Å². The maximum absolute atomic E-state index is 14.4. The van der Waals surface area contributed by atoms with Gasteiger partial charge in [0.2, 0.25) is 0 Å². The highest BCUT2D eigenvalue weighted by Gasteiger charge is 2.38. The summed E-state index contributed by atoms with van der Waals surface area (Å²) < 4.78 is 1.83. The zero-order chi connectivity index (χ0) is 34.3. The summed E-state index contributed by atoms with van der Waals surface area (Å²) in [6, 6.07) is 57.1. The number of rotatable bonds is 5. The number of imidazole rings is 1. The summed E-state index contributed by atoms with van der Waals surface area (Å²) >= 11 is 0. The molecule has 242 valence electrons. The van der Waals surface area contributed by atoms with Crippen LogP contribution >= 0.6 is 0 Å². The first-order valence-electron chi connectivity index (χ1n) is 17.4. The van der Waals surface area contributed by atoms with Gasteiger partial charge in [0, 0.05) is 33.0 Å². The Balaban J connectivity index is 1.32. The molecule has 0 fully saturated rings. The fourth-order valence-electron chi connectivity index (χ4n) is 8.36. The van der Waals surface area contributed by atoms with Crippen molar-refractivity contribution in [3.8, 4) is 33.6 Å². The van der Waals surface area contributed by atoms with Crippen LogP contribution in [0.1, 0.15) is 25.0 Å². The first kappa shape index (κ1) is 29.4. The normalized spacial score (nSPS) is 13.1. The van der Waals surface area contributed by atoms with Crippen molar-refractivity contribution in [2.45, 2.75) is 19.3 Å². The number of pyridine rings is 1. The Kier molecular flexibility index (Phi) is 6.34. The third-order valence-electron chi connectivity index (χ3n) is 10.8. The molecule has 0 aliphatic heterocycles. The Bertz CT molecular complexity index is 2840. The molecule has 1 aliphatic rings. The van der Waals surface area contributed by atoms with E-state index >= 15 is 0 Å². The molecule has 1 aliphatic carbocycles. The topological polar surface area (TPSA) is 37.6 Å². The van der Waals surface area contributed by atoms with Crippen LogP contribution in [0, 0.1) is 0 Å². The number of anilines is 3. The number of hydrogen-bond acceptors (Lipinski definition) is 3. The van der Waals surface area contributed by atoms with Crippen molar-refractivity contribution in [3.05, 3.63) is 185 Å². The zero-order valence-corrected chi connectivity index (χ0v) is 28.3. The van der Waals surface area contributed by atoms with Gasteiger partial charge in [-0.1, -0.05) is 141 Å². The molecule has 2 aromatic heterocycles. The van der Waals surface area contributed by atoms with Crippen molar-refractivity contribution >= 4 is 44.3 Å². The first-order valence-corrected chi connectivity index (χ1v) is 17.4. The van der Waals surface area contributed by atoms with E-state index in [0.29, 0.717) is 11.2 Å². The highest BCUT2D eigenvalue weighted by atomic mass is 16.1. The van der Waals surface area contributed by atoms with Crippen molar-refractivity contribution in [2.24, 2.45) is 0 Å². The van der Waals surface area contributed by atoms with Gasteiger partial charge in [0.05, 0.1) is 22.4 Å². The lowest BCUT2D eigenvalue weighted by Crippen LogP contribution is -2.17. The van der Waals surface area contributed by atoms with Gasteiger partial charge in [0.15, 0.2) is 0 Å². The van der Waals surface area contributed by atoms with Crippen LogP contribution in [0.15, 0.2) is 169 Å². The molecule has 0 N–H and O–H groups in total. The second-order valence-electron chi connectivity index (χ2n) is 13.9. The number of benzene rings is 7. The molecule has 0 spiro atoms. The highest BCUT2D eigenvalue weighted by molar-refractivity contribution is 6.19. The van der Waals surface area contributed by atoms with Crippen LogP contribution in [0.3, 0.4) is 0 Å². The minimum absolute atomic E-state index is 0.0633. The minimum atomic E-state index is -0.161. The average Bonchev–Trinajstić information content (AvgIpc) is 3.69. The predicted molar refractivity (Wildman–Crippen MR) is 211 cm³/mol. The molecule has 0 atom stereocenters. The van der Waals surface area contributed by atoms with Gasteiger partial charge in [-0.15, -0.1) is 0 Å². The lowest BCUT2D eigenvalue weighted by molar-refractivity contribution is 0.660. The third-order valence-corrected chi connectivity index (χ3v) is 10.8. The first-order chi connectivity index (χ1) is 25.0. The number of hydrogen-bond donors (Lipinski definition) is 0. The molecule has 4 nitrogen and oxygen atoms in total. The summed E-state index contributed by atoms with van der Waals surface area (Å²) in [4.78, 5) is 21.9. The van der Waals surface area contributed by atoms with E-state index < -0.39 is 0 Å². The fraction of sp³-hybridized carbons (Fsp3) is 0.0638. The minimum Gasteiger partial charge on any atom is -0.309 e. The summed E-state index contributed by atoms with van der Waals surface area (Å²) in [7, 11) is 0. The second-order valence-corrected chi connectivity index (χ2v) is 13.9. The second kappa shape index (κ2) is 11.0.